The van der Waals surface area contributed by atoms with E-state index in [1.807, 2.05) is 4.90 Å². The fourth-order valence-electron chi connectivity index (χ4n) is 3.74. The summed E-state index contributed by atoms with van der Waals surface area (Å²) in [5, 5.41) is 9.82. The molecule has 1 unspecified atom stereocenters. The molecule has 1 aromatic carbocycles. The predicted molar refractivity (Wildman–Crippen MR) is 108 cm³/mol. The normalized spacial score (nSPS) is 16.5. The zero-order chi connectivity index (χ0) is 20.0. The Morgan fingerprint density at radius 2 is 2.10 bits per heavy atom. The Morgan fingerprint density at radius 3 is 2.76 bits per heavy atom. The van der Waals surface area contributed by atoms with Gasteiger partial charge in [0.2, 0.25) is 0 Å². The summed E-state index contributed by atoms with van der Waals surface area (Å²) in [7, 11) is 1.52. The number of hydrogen-bond donors (Lipinski definition) is 1. The number of halogens is 3. The van der Waals surface area contributed by atoms with Gasteiger partial charge in [0.05, 0.1) is 12.0 Å². The topological polar surface area (TPSA) is 92.9 Å². The molecule has 1 aliphatic heterocycles. The number of rotatable bonds is 2. The molecule has 0 saturated carbocycles. The van der Waals surface area contributed by atoms with Crippen LogP contribution in [-0.2, 0) is 7.05 Å². The van der Waals surface area contributed by atoms with Crippen LogP contribution < -0.4 is 16.2 Å². The first-order valence-electron chi connectivity index (χ1n) is 8.88. The van der Waals surface area contributed by atoms with Gasteiger partial charge >= 0.3 is 0 Å². The highest BCUT2D eigenvalue weighted by molar-refractivity contribution is 5.91. The fourth-order valence-corrected chi connectivity index (χ4v) is 3.74. The number of benzene rings is 1. The van der Waals surface area contributed by atoms with Crippen molar-refractivity contribution in [2.45, 2.75) is 18.9 Å². The fraction of sp³-hybridized carbons (Fsp3) is 0.316. The van der Waals surface area contributed by atoms with Crippen molar-refractivity contribution in [3.63, 3.8) is 0 Å². The van der Waals surface area contributed by atoms with Gasteiger partial charge in [0.25, 0.3) is 5.56 Å². The average molecular weight is 421 g/mol. The lowest BCUT2D eigenvalue weighted by molar-refractivity contribution is 0.501. The second-order valence-corrected chi connectivity index (χ2v) is 6.95. The van der Waals surface area contributed by atoms with Gasteiger partial charge in [0, 0.05) is 32.2 Å². The summed E-state index contributed by atoms with van der Waals surface area (Å²) in [4.78, 5) is 19.0. The summed E-state index contributed by atoms with van der Waals surface area (Å²) < 4.78 is 30.8. The molecule has 1 fully saturated rings. The van der Waals surface area contributed by atoms with E-state index in [4.69, 9.17) is 5.73 Å². The molecule has 1 aliphatic rings. The molecule has 0 aliphatic carbocycles. The molecule has 7 nitrogen and oxygen atoms in total. The summed E-state index contributed by atoms with van der Waals surface area (Å²) in [5.74, 6) is -1.21. The lowest BCUT2D eigenvalue weighted by Crippen LogP contribution is -2.44. The number of aromatic nitrogens is 3. The molecule has 1 atom stereocenters. The van der Waals surface area contributed by atoms with Crippen LogP contribution in [0.15, 0.2) is 29.3 Å². The van der Waals surface area contributed by atoms with E-state index in [1.165, 1.54) is 28.6 Å². The summed E-state index contributed by atoms with van der Waals surface area (Å²) in [6, 6.07) is 5.12. The van der Waals surface area contributed by atoms with Crippen LogP contribution in [0, 0.1) is 23.0 Å². The minimum atomic E-state index is -0.838. The van der Waals surface area contributed by atoms with Crippen molar-refractivity contribution in [1.29, 1.82) is 5.26 Å². The van der Waals surface area contributed by atoms with Crippen molar-refractivity contribution >= 4 is 29.3 Å². The van der Waals surface area contributed by atoms with Gasteiger partial charge in [-0.15, -0.1) is 12.4 Å². The first-order chi connectivity index (χ1) is 13.4. The maximum atomic E-state index is 14.7. The molecule has 29 heavy (non-hydrogen) atoms. The first kappa shape index (κ1) is 20.8. The maximum Gasteiger partial charge on any atom is 0.278 e. The number of aryl methyl sites for hydroxylation is 1. The Labute approximate surface area is 171 Å². The van der Waals surface area contributed by atoms with Crippen LogP contribution in [-0.4, -0.2) is 33.2 Å². The van der Waals surface area contributed by atoms with Gasteiger partial charge in [-0.1, -0.05) is 0 Å². The predicted octanol–water partition coefficient (Wildman–Crippen LogP) is 2.22. The van der Waals surface area contributed by atoms with Crippen LogP contribution in [0.5, 0.6) is 0 Å². The third-order valence-corrected chi connectivity index (χ3v) is 5.02. The van der Waals surface area contributed by atoms with E-state index in [0.29, 0.717) is 18.9 Å². The van der Waals surface area contributed by atoms with Crippen LogP contribution in [0.1, 0.15) is 18.4 Å². The van der Waals surface area contributed by atoms with Crippen LogP contribution in [0.3, 0.4) is 0 Å². The number of nitrogens with two attached hydrogens (primary N) is 1. The van der Waals surface area contributed by atoms with Crippen molar-refractivity contribution in [1.82, 2.24) is 14.1 Å². The Bertz CT molecular complexity index is 1180. The van der Waals surface area contributed by atoms with Gasteiger partial charge < -0.3 is 15.2 Å². The lowest BCUT2D eigenvalue weighted by atomic mass is 10.1. The Hall–Kier alpha value is -2.96. The van der Waals surface area contributed by atoms with E-state index in [1.54, 1.807) is 0 Å². The number of anilines is 1. The maximum absolute atomic E-state index is 14.7. The van der Waals surface area contributed by atoms with E-state index in [2.05, 4.69) is 11.1 Å². The largest absolute Gasteiger partial charge is 0.355 e. The molecular formula is C19H19ClF2N6O. The molecule has 4 rings (SSSR count). The minimum absolute atomic E-state index is 0. The van der Waals surface area contributed by atoms with Crippen molar-refractivity contribution in [2.75, 3.05) is 18.0 Å². The van der Waals surface area contributed by atoms with E-state index >= 15 is 0 Å². The van der Waals surface area contributed by atoms with Crippen LogP contribution >= 0.6 is 12.4 Å². The van der Waals surface area contributed by atoms with Gasteiger partial charge in [-0.3, -0.25) is 9.36 Å². The molecule has 0 bridgehead atoms. The molecule has 0 amide bonds. The molecular weight excluding hydrogens is 402 g/mol. The number of piperidine rings is 1. The van der Waals surface area contributed by atoms with Gasteiger partial charge in [0.1, 0.15) is 40.1 Å². The second kappa shape index (κ2) is 7.81. The minimum Gasteiger partial charge on any atom is -0.355 e. The van der Waals surface area contributed by atoms with Crippen LogP contribution in [0.4, 0.5) is 14.6 Å². The number of nitriles is 1. The van der Waals surface area contributed by atoms with Crippen molar-refractivity contribution in [2.24, 2.45) is 12.8 Å². The summed E-state index contributed by atoms with van der Waals surface area (Å²) in [6.07, 6.45) is 2.96. The van der Waals surface area contributed by atoms with E-state index in [9.17, 15) is 18.8 Å². The molecule has 0 spiro atoms. The third-order valence-electron chi connectivity index (χ3n) is 5.02. The monoisotopic (exact) mass is 420 g/mol. The average Bonchev–Trinajstić information content (AvgIpc) is 2.99. The Kier molecular flexibility index (Phi) is 5.59. The first-order valence-corrected chi connectivity index (χ1v) is 8.88. The van der Waals surface area contributed by atoms with Gasteiger partial charge in [-0.25, -0.2) is 13.8 Å². The van der Waals surface area contributed by atoms with Crippen molar-refractivity contribution in [3.8, 4) is 11.8 Å². The summed E-state index contributed by atoms with van der Waals surface area (Å²) in [6.45, 7) is 1.05. The van der Waals surface area contributed by atoms with Gasteiger partial charge in [-0.2, -0.15) is 5.26 Å². The van der Waals surface area contributed by atoms with E-state index < -0.39 is 17.2 Å². The molecule has 2 aromatic heterocycles. The standard InChI is InChI=1S/C19H18F2N6O.ClH/c1-25-10-24-16-13(8-22)18(26-6-2-3-12(23)9-26)27(17(16)19(25)28)15-5-4-11(20)7-14(15)21;/h4-5,7,10,12H,2-3,6,9,23H2,1H3;1H. The summed E-state index contributed by atoms with van der Waals surface area (Å²) >= 11 is 0. The zero-order valence-corrected chi connectivity index (χ0v) is 16.4. The summed E-state index contributed by atoms with van der Waals surface area (Å²) in [5.41, 5.74) is 6.07. The highest BCUT2D eigenvalue weighted by Crippen LogP contribution is 2.35. The van der Waals surface area contributed by atoms with Crippen LogP contribution in [0.2, 0.25) is 0 Å². The van der Waals surface area contributed by atoms with Crippen molar-refractivity contribution in [3.05, 3.63) is 52.1 Å². The van der Waals surface area contributed by atoms with Crippen LogP contribution in [0.25, 0.3) is 16.7 Å². The highest BCUT2D eigenvalue weighted by Gasteiger charge is 2.30. The molecule has 3 heterocycles. The highest BCUT2D eigenvalue weighted by atomic mass is 35.5. The SMILES string of the molecule is Cl.Cn1cnc2c(C#N)c(N3CCCC(N)C3)n(-c3ccc(F)cc3F)c2c1=O. The molecule has 152 valence electrons. The van der Waals surface area contributed by atoms with Gasteiger partial charge in [0.15, 0.2) is 0 Å². The quantitative estimate of drug-likeness (QED) is 0.686. The Morgan fingerprint density at radius 1 is 1.34 bits per heavy atom. The lowest BCUT2D eigenvalue weighted by Gasteiger charge is -2.33. The molecule has 10 heteroatoms. The molecule has 1 saturated heterocycles. The second-order valence-electron chi connectivity index (χ2n) is 6.95. The molecule has 3 aromatic rings. The van der Waals surface area contributed by atoms with E-state index in [-0.39, 0.29) is 40.7 Å². The number of hydrogen-bond acceptors (Lipinski definition) is 5. The third kappa shape index (κ3) is 3.34. The molecule has 2 N–H and O–H groups in total. The van der Waals surface area contributed by atoms with E-state index in [0.717, 1.165) is 25.0 Å². The zero-order valence-electron chi connectivity index (χ0n) is 15.6. The number of fused-ring (bicyclic) bond motifs is 1. The smallest absolute Gasteiger partial charge is 0.278 e. The number of nitrogens with zero attached hydrogens (tertiary/aromatic N) is 5. The van der Waals surface area contributed by atoms with Crippen molar-refractivity contribution < 1.29 is 8.78 Å². The molecule has 0 radical (unpaired) electrons. The Balaban J connectivity index is 0.00000240. The van der Waals surface area contributed by atoms with Gasteiger partial charge in [-0.05, 0) is 25.0 Å².